The maximum absolute atomic E-state index is 12.1. The van der Waals surface area contributed by atoms with Crippen LogP contribution in [0.15, 0.2) is 5.38 Å². The van der Waals surface area contributed by atoms with Crippen LogP contribution in [0.2, 0.25) is 0 Å². The van der Waals surface area contributed by atoms with Crippen LogP contribution < -0.4 is 5.32 Å². The molecule has 0 saturated carbocycles. The first kappa shape index (κ1) is 12.0. The predicted molar refractivity (Wildman–Crippen MR) is 64.5 cm³/mol. The molecule has 1 N–H and O–H groups in total. The summed E-state index contributed by atoms with van der Waals surface area (Å²) in [5.41, 5.74) is 0.125. The van der Waals surface area contributed by atoms with Crippen molar-refractivity contribution in [3.05, 3.63) is 16.1 Å². The molecule has 1 aliphatic rings. The van der Waals surface area contributed by atoms with Gasteiger partial charge in [-0.1, -0.05) is 0 Å². The van der Waals surface area contributed by atoms with E-state index in [0.29, 0.717) is 6.54 Å². The van der Waals surface area contributed by atoms with E-state index in [0.717, 1.165) is 10.7 Å². The van der Waals surface area contributed by atoms with Gasteiger partial charge >= 0.3 is 0 Å². The van der Waals surface area contributed by atoms with Gasteiger partial charge in [0.25, 0.3) is 0 Å². The van der Waals surface area contributed by atoms with Crippen molar-refractivity contribution in [3.8, 4) is 0 Å². The lowest BCUT2D eigenvalue weighted by Gasteiger charge is -2.36. The Morgan fingerprint density at radius 2 is 2.24 bits per heavy atom. The molecule has 0 spiro atoms. The minimum Gasteiger partial charge on any atom is -0.341 e. The molecule has 2 amide bonds. The van der Waals surface area contributed by atoms with Gasteiger partial charge in [0.2, 0.25) is 11.8 Å². The van der Waals surface area contributed by atoms with E-state index >= 15 is 0 Å². The summed E-state index contributed by atoms with van der Waals surface area (Å²) in [5.74, 6) is -0.187. The quantitative estimate of drug-likeness (QED) is 0.843. The standard InChI is InChI=1S/C11H15N3O2S/c1-7-6-17-9(12-7)5-14-4-8(15)13-11(2,3)10(14)16/h6H,4-5H2,1-3H3,(H,13,15). The van der Waals surface area contributed by atoms with Gasteiger partial charge in [-0.25, -0.2) is 4.98 Å². The largest absolute Gasteiger partial charge is 0.341 e. The minimum atomic E-state index is -0.818. The third-order valence-electron chi connectivity index (χ3n) is 2.60. The molecule has 17 heavy (non-hydrogen) atoms. The third kappa shape index (κ3) is 2.46. The van der Waals surface area contributed by atoms with Crippen molar-refractivity contribution in [1.29, 1.82) is 0 Å². The van der Waals surface area contributed by atoms with Crippen molar-refractivity contribution >= 4 is 23.2 Å². The number of amides is 2. The summed E-state index contributed by atoms with van der Waals surface area (Å²) < 4.78 is 0. The molecule has 6 heteroatoms. The van der Waals surface area contributed by atoms with Crippen molar-refractivity contribution in [3.63, 3.8) is 0 Å². The molecular weight excluding hydrogens is 238 g/mol. The molecule has 1 aromatic heterocycles. The highest BCUT2D eigenvalue weighted by atomic mass is 32.1. The molecule has 5 nitrogen and oxygen atoms in total. The number of piperazine rings is 1. The summed E-state index contributed by atoms with van der Waals surface area (Å²) >= 11 is 1.51. The SMILES string of the molecule is Cc1csc(CN2CC(=O)NC(C)(C)C2=O)n1. The molecule has 0 aromatic carbocycles. The van der Waals surface area contributed by atoms with Crippen LogP contribution in [0.1, 0.15) is 24.5 Å². The summed E-state index contributed by atoms with van der Waals surface area (Å²) in [5, 5.41) is 5.48. The van der Waals surface area contributed by atoms with Crippen LogP contribution in [-0.2, 0) is 16.1 Å². The highest BCUT2D eigenvalue weighted by Crippen LogP contribution is 2.18. The second-order valence-electron chi connectivity index (χ2n) is 4.72. The van der Waals surface area contributed by atoms with Gasteiger partial charge in [-0.05, 0) is 20.8 Å². The molecule has 92 valence electrons. The number of carbonyl (C=O) groups excluding carboxylic acids is 2. The van der Waals surface area contributed by atoms with E-state index in [4.69, 9.17) is 0 Å². The average Bonchev–Trinajstić information content (AvgIpc) is 2.59. The molecule has 0 aliphatic carbocycles. The van der Waals surface area contributed by atoms with Crippen LogP contribution in [-0.4, -0.2) is 33.8 Å². The molecule has 0 atom stereocenters. The zero-order valence-electron chi connectivity index (χ0n) is 10.1. The van der Waals surface area contributed by atoms with Crippen LogP contribution in [0.5, 0.6) is 0 Å². The van der Waals surface area contributed by atoms with Gasteiger partial charge in [0.1, 0.15) is 17.1 Å². The predicted octanol–water partition coefficient (Wildman–Crippen LogP) is 0.689. The molecule has 0 bridgehead atoms. The Morgan fingerprint density at radius 3 is 2.82 bits per heavy atom. The van der Waals surface area contributed by atoms with Gasteiger partial charge in [-0.3, -0.25) is 9.59 Å². The van der Waals surface area contributed by atoms with Gasteiger partial charge in [0.15, 0.2) is 0 Å². The summed E-state index contributed by atoms with van der Waals surface area (Å²) in [6.45, 7) is 5.86. The van der Waals surface area contributed by atoms with E-state index in [1.165, 1.54) is 11.3 Å². The Labute approximate surface area is 104 Å². The number of thiazole rings is 1. The lowest BCUT2D eigenvalue weighted by Crippen LogP contribution is -2.63. The average molecular weight is 253 g/mol. The Balaban J connectivity index is 2.15. The topological polar surface area (TPSA) is 62.3 Å². The van der Waals surface area contributed by atoms with E-state index in [-0.39, 0.29) is 18.4 Å². The second-order valence-corrected chi connectivity index (χ2v) is 5.66. The smallest absolute Gasteiger partial charge is 0.248 e. The van der Waals surface area contributed by atoms with E-state index in [1.54, 1.807) is 18.7 Å². The summed E-state index contributed by atoms with van der Waals surface area (Å²) in [4.78, 5) is 29.5. The molecule has 2 rings (SSSR count). The Kier molecular flexibility index (Phi) is 2.91. The molecule has 1 aliphatic heterocycles. The van der Waals surface area contributed by atoms with E-state index in [2.05, 4.69) is 10.3 Å². The maximum Gasteiger partial charge on any atom is 0.248 e. The van der Waals surface area contributed by atoms with Gasteiger partial charge in [0, 0.05) is 11.1 Å². The molecule has 2 heterocycles. The molecule has 1 aromatic rings. The highest BCUT2D eigenvalue weighted by molar-refractivity contribution is 7.09. The number of carbonyl (C=O) groups is 2. The van der Waals surface area contributed by atoms with Gasteiger partial charge in [0.05, 0.1) is 6.54 Å². The van der Waals surface area contributed by atoms with Crippen molar-refractivity contribution in [2.45, 2.75) is 32.9 Å². The van der Waals surface area contributed by atoms with Crippen LogP contribution >= 0.6 is 11.3 Å². The maximum atomic E-state index is 12.1. The van der Waals surface area contributed by atoms with Crippen molar-refractivity contribution in [1.82, 2.24) is 15.2 Å². The fourth-order valence-corrected chi connectivity index (χ4v) is 2.63. The van der Waals surface area contributed by atoms with Crippen molar-refractivity contribution in [2.75, 3.05) is 6.54 Å². The zero-order chi connectivity index (χ0) is 12.6. The van der Waals surface area contributed by atoms with Crippen LogP contribution in [0.4, 0.5) is 0 Å². The first-order valence-corrected chi connectivity index (χ1v) is 6.28. The fourth-order valence-electron chi connectivity index (χ4n) is 1.85. The number of aryl methyl sites for hydroxylation is 1. The molecule has 0 unspecified atom stereocenters. The lowest BCUT2D eigenvalue weighted by atomic mass is 10.0. The Bertz CT molecular complexity index is 467. The van der Waals surface area contributed by atoms with Gasteiger partial charge in [-0.15, -0.1) is 11.3 Å². The molecule has 1 saturated heterocycles. The summed E-state index contributed by atoms with van der Waals surface area (Å²) in [7, 11) is 0. The second kappa shape index (κ2) is 4.10. The Morgan fingerprint density at radius 1 is 1.53 bits per heavy atom. The molecular formula is C11H15N3O2S. The van der Waals surface area contributed by atoms with Crippen LogP contribution in [0, 0.1) is 6.92 Å². The normalized spacial score (nSPS) is 19.4. The molecule has 1 fully saturated rings. The van der Waals surface area contributed by atoms with E-state index in [9.17, 15) is 9.59 Å². The van der Waals surface area contributed by atoms with E-state index < -0.39 is 5.54 Å². The zero-order valence-corrected chi connectivity index (χ0v) is 10.9. The van der Waals surface area contributed by atoms with Gasteiger partial charge < -0.3 is 10.2 Å². The number of hydrogen-bond donors (Lipinski definition) is 1. The van der Waals surface area contributed by atoms with Gasteiger partial charge in [-0.2, -0.15) is 0 Å². The van der Waals surface area contributed by atoms with E-state index in [1.807, 2.05) is 12.3 Å². The minimum absolute atomic E-state index is 0.0649. The lowest BCUT2D eigenvalue weighted by molar-refractivity contribution is -0.148. The van der Waals surface area contributed by atoms with Crippen LogP contribution in [0.3, 0.4) is 0 Å². The summed E-state index contributed by atoms with van der Waals surface area (Å²) in [6.07, 6.45) is 0. The first-order valence-electron chi connectivity index (χ1n) is 5.40. The number of nitrogens with one attached hydrogen (secondary N) is 1. The number of rotatable bonds is 2. The molecule has 0 radical (unpaired) electrons. The first-order chi connectivity index (χ1) is 7.88. The fraction of sp³-hybridized carbons (Fsp3) is 0.545. The highest BCUT2D eigenvalue weighted by Gasteiger charge is 2.39. The van der Waals surface area contributed by atoms with Crippen LogP contribution in [0.25, 0.3) is 0 Å². The summed E-state index contributed by atoms with van der Waals surface area (Å²) in [6, 6.07) is 0. The monoisotopic (exact) mass is 253 g/mol. The van der Waals surface area contributed by atoms with Crippen molar-refractivity contribution < 1.29 is 9.59 Å². The number of hydrogen-bond acceptors (Lipinski definition) is 4. The number of nitrogens with zero attached hydrogens (tertiary/aromatic N) is 2. The number of aromatic nitrogens is 1. The Hall–Kier alpha value is -1.43. The third-order valence-corrected chi connectivity index (χ3v) is 3.55. The van der Waals surface area contributed by atoms with Crippen molar-refractivity contribution in [2.24, 2.45) is 0 Å².